The fourth-order valence-corrected chi connectivity index (χ4v) is 4.08. The molecular formula is C27H32N4O3. The molecule has 0 saturated carbocycles. The summed E-state index contributed by atoms with van der Waals surface area (Å²) in [6.07, 6.45) is 3.04. The zero-order chi connectivity index (χ0) is 23.6. The lowest BCUT2D eigenvalue weighted by molar-refractivity contribution is -0.143. The monoisotopic (exact) mass is 460 g/mol. The second-order valence-corrected chi connectivity index (χ2v) is 8.13. The van der Waals surface area contributed by atoms with Crippen LogP contribution in [0, 0.1) is 0 Å². The number of esters is 1. The van der Waals surface area contributed by atoms with Gasteiger partial charge in [-0.15, -0.1) is 0 Å². The van der Waals surface area contributed by atoms with E-state index in [9.17, 15) is 4.79 Å². The van der Waals surface area contributed by atoms with Crippen LogP contribution < -0.4 is 20.3 Å². The van der Waals surface area contributed by atoms with Gasteiger partial charge in [-0.25, -0.2) is 4.98 Å². The number of hydrogen-bond donors (Lipinski definition) is 2. The number of aromatic nitrogens is 1. The molecule has 0 amide bonds. The van der Waals surface area contributed by atoms with Gasteiger partial charge in [0.1, 0.15) is 18.2 Å². The van der Waals surface area contributed by atoms with Crippen LogP contribution >= 0.6 is 0 Å². The quantitative estimate of drug-likeness (QED) is 0.312. The van der Waals surface area contributed by atoms with Crippen molar-refractivity contribution in [1.29, 1.82) is 0 Å². The summed E-state index contributed by atoms with van der Waals surface area (Å²) in [6.45, 7) is 5.49. The van der Waals surface area contributed by atoms with Gasteiger partial charge in [-0.3, -0.25) is 4.79 Å². The average molecular weight is 461 g/mol. The molecule has 1 aromatic heterocycles. The van der Waals surface area contributed by atoms with Crippen LogP contribution in [0.5, 0.6) is 5.75 Å². The Bertz CT molecular complexity index is 1050. The predicted molar refractivity (Wildman–Crippen MR) is 136 cm³/mol. The van der Waals surface area contributed by atoms with E-state index in [4.69, 9.17) is 9.47 Å². The Morgan fingerprint density at radius 2 is 2.00 bits per heavy atom. The molecule has 1 aliphatic rings. The van der Waals surface area contributed by atoms with E-state index in [1.807, 2.05) is 67.6 Å². The van der Waals surface area contributed by atoms with Crippen molar-refractivity contribution in [3.8, 4) is 5.75 Å². The van der Waals surface area contributed by atoms with Gasteiger partial charge in [-0.2, -0.15) is 0 Å². The van der Waals surface area contributed by atoms with Crippen molar-refractivity contribution in [2.75, 3.05) is 48.4 Å². The van der Waals surface area contributed by atoms with E-state index < -0.39 is 0 Å². The summed E-state index contributed by atoms with van der Waals surface area (Å²) in [4.78, 5) is 18.9. The van der Waals surface area contributed by atoms with Crippen molar-refractivity contribution in [1.82, 2.24) is 4.98 Å². The second-order valence-electron chi connectivity index (χ2n) is 8.13. The highest BCUT2D eigenvalue weighted by molar-refractivity contribution is 5.72. The maximum absolute atomic E-state index is 12.2. The molecule has 0 saturated heterocycles. The molecule has 178 valence electrons. The lowest BCUT2D eigenvalue weighted by Gasteiger charge is -2.32. The summed E-state index contributed by atoms with van der Waals surface area (Å²) < 4.78 is 11.2. The molecule has 34 heavy (non-hydrogen) atoms. The van der Waals surface area contributed by atoms with Crippen molar-refractivity contribution in [3.05, 3.63) is 78.5 Å². The van der Waals surface area contributed by atoms with Gasteiger partial charge in [0, 0.05) is 31.0 Å². The van der Waals surface area contributed by atoms with Gasteiger partial charge >= 0.3 is 5.97 Å². The number of pyridine rings is 1. The van der Waals surface area contributed by atoms with Crippen molar-refractivity contribution in [3.63, 3.8) is 0 Å². The van der Waals surface area contributed by atoms with E-state index in [-0.39, 0.29) is 18.4 Å². The molecule has 0 radical (unpaired) electrons. The van der Waals surface area contributed by atoms with E-state index >= 15 is 0 Å². The minimum atomic E-state index is -0.219. The van der Waals surface area contributed by atoms with Gasteiger partial charge in [0.2, 0.25) is 0 Å². The van der Waals surface area contributed by atoms with Gasteiger partial charge < -0.3 is 25.0 Å². The molecular weight excluding hydrogens is 428 g/mol. The van der Waals surface area contributed by atoms with Crippen LogP contribution in [0.2, 0.25) is 0 Å². The standard InChI is InChI=1S/C27H32N4O3/c1-2-33-27(32)20-23(21-9-4-3-5-10-21)30-22-12-13-24-25(19-22)34-18-17-31(24)16-8-15-29-26-11-6-7-14-28-26/h3-7,9-14,19,23,30H,2,8,15-18,20H2,1H3,(H,28,29). The molecule has 7 heteroatoms. The third kappa shape index (κ3) is 6.41. The third-order valence-corrected chi connectivity index (χ3v) is 5.71. The molecule has 7 nitrogen and oxygen atoms in total. The van der Waals surface area contributed by atoms with E-state index in [1.54, 1.807) is 6.20 Å². The minimum absolute atomic E-state index is 0.185. The minimum Gasteiger partial charge on any atom is -0.489 e. The van der Waals surface area contributed by atoms with E-state index in [0.29, 0.717) is 13.2 Å². The smallest absolute Gasteiger partial charge is 0.308 e. The van der Waals surface area contributed by atoms with Crippen molar-refractivity contribution in [2.24, 2.45) is 0 Å². The zero-order valence-corrected chi connectivity index (χ0v) is 19.6. The number of ether oxygens (including phenoxy) is 2. The lowest BCUT2D eigenvalue weighted by Crippen LogP contribution is -2.34. The predicted octanol–water partition coefficient (Wildman–Crippen LogP) is 4.89. The Hall–Kier alpha value is -3.74. The molecule has 1 unspecified atom stereocenters. The number of nitrogens with one attached hydrogen (secondary N) is 2. The van der Waals surface area contributed by atoms with Crippen molar-refractivity contribution < 1.29 is 14.3 Å². The first-order valence-electron chi connectivity index (χ1n) is 11.9. The number of nitrogens with zero attached hydrogens (tertiary/aromatic N) is 2. The summed E-state index contributed by atoms with van der Waals surface area (Å²) in [5, 5.41) is 6.87. The van der Waals surface area contributed by atoms with Crippen LogP contribution in [-0.2, 0) is 9.53 Å². The maximum atomic E-state index is 12.2. The van der Waals surface area contributed by atoms with Crippen LogP contribution in [0.15, 0.2) is 72.9 Å². The van der Waals surface area contributed by atoms with Crippen LogP contribution in [0.25, 0.3) is 0 Å². The number of hydrogen-bond acceptors (Lipinski definition) is 7. The van der Waals surface area contributed by atoms with Crippen molar-refractivity contribution in [2.45, 2.75) is 25.8 Å². The molecule has 4 rings (SSSR count). The molecule has 0 bridgehead atoms. The highest BCUT2D eigenvalue weighted by atomic mass is 16.5. The number of benzene rings is 2. The summed E-state index contributed by atoms with van der Waals surface area (Å²) >= 11 is 0. The fraction of sp³-hybridized carbons (Fsp3) is 0.333. The van der Waals surface area contributed by atoms with Gasteiger partial charge in [0.15, 0.2) is 0 Å². The number of carbonyl (C=O) groups is 1. The first-order chi connectivity index (χ1) is 16.7. The van der Waals surface area contributed by atoms with Crippen LogP contribution in [-0.4, -0.2) is 43.8 Å². The number of anilines is 3. The van der Waals surface area contributed by atoms with Gasteiger partial charge in [-0.05, 0) is 43.2 Å². The van der Waals surface area contributed by atoms with Crippen molar-refractivity contribution >= 4 is 23.2 Å². The topological polar surface area (TPSA) is 75.7 Å². The summed E-state index contributed by atoms with van der Waals surface area (Å²) in [7, 11) is 0. The number of fused-ring (bicyclic) bond motifs is 1. The third-order valence-electron chi connectivity index (χ3n) is 5.71. The summed E-state index contributed by atoms with van der Waals surface area (Å²) in [6, 6.07) is 21.8. The maximum Gasteiger partial charge on any atom is 0.308 e. The molecule has 0 aliphatic carbocycles. The molecule has 0 spiro atoms. The average Bonchev–Trinajstić information content (AvgIpc) is 2.87. The molecule has 2 heterocycles. The Kier molecular flexibility index (Phi) is 8.22. The fourth-order valence-electron chi connectivity index (χ4n) is 4.08. The highest BCUT2D eigenvalue weighted by Gasteiger charge is 2.21. The van der Waals surface area contributed by atoms with Gasteiger partial charge in [0.25, 0.3) is 0 Å². The summed E-state index contributed by atoms with van der Waals surface area (Å²) in [5.74, 6) is 1.54. The van der Waals surface area contributed by atoms with E-state index in [0.717, 1.165) is 54.6 Å². The van der Waals surface area contributed by atoms with Gasteiger partial charge in [0.05, 0.1) is 31.3 Å². The first kappa shape index (κ1) is 23.4. The Labute approximate surface area is 201 Å². The molecule has 1 aliphatic heterocycles. The SMILES string of the molecule is CCOC(=O)CC(Nc1ccc2c(c1)OCCN2CCCNc1ccccn1)c1ccccc1. The number of carbonyl (C=O) groups excluding carboxylic acids is 1. The van der Waals surface area contributed by atoms with Crippen LogP contribution in [0.3, 0.4) is 0 Å². The van der Waals surface area contributed by atoms with Crippen LogP contribution in [0.4, 0.5) is 17.2 Å². The lowest BCUT2D eigenvalue weighted by atomic mass is 10.0. The highest BCUT2D eigenvalue weighted by Crippen LogP contribution is 2.35. The largest absolute Gasteiger partial charge is 0.489 e. The van der Waals surface area contributed by atoms with Crippen LogP contribution in [0.1, 0.15) is 31.4 Å². The first-order valence-corrected chi connectivity index (χ1v) is 11.9. The number of rotatable bonds is 11. The van der Waals surface area contributed by atoms with E-state index in [2.05, 4.69) is 26.6 Å². The summed E-state index contributed by atoms with van der Waals surface area (Å²) in [5.41, 5.74) is 3.04. The zero-order valence-electron chi connectivity index (χ0n) is 19.6. The molecule has 2 aromatic carbocycles. The molecule has 0 fully saturated rings. The van der Waals surface area contributed by atoms with E-state index in [1.165, 1.54) is 0 Å². The molecule has 2 N–H and O–H groups in total. The molecule has 3 aromatic rings. The Morgan fingerprint density at radius 3 is 2.79 bits per heavy atom. The Morgan fingerprint density at radius 1 is 1.15 bits per heavy atom. The second kappa shape index (κ2) is 11.9. The van der Waals surface area contributed by atoms with Gasteiger partial charge in [-0.1, -0.05) is 36.4 Å². The Balaban J connectivity index is 1.39. The molecule has 1 atom stereocenters. The normalized spacial score (nSPS) is 13.4.